The van der Waals surface area contributed by atoms with E-state index in [2.05, 4.69) is 55.5 Å². The predicted molar refractivity (Wildman–Crippen MR) is 107 cm³/mol. The topological polar surface area (TPSA) is 25.8 Å². The fourth-order valence-electron chi connectivity index (χ4n) is 3.12. The van der Waals surface area contributed by atoms with Gasteiger partial charge in [-0.05, 0) is 18.1 Å². The summed E-state index contributed by atoms with van der Waals surface area (Å²) in [6.07, 6.45) is 2.69. The third-order valence-corrected chi connectivity index (χ3v) is 4.55. The van der Waals surface area contributed by atoms with Crippen LogP contribution in [0.15, 0.2) is 91.1 Å². The minimum atomic E-state index is 0.786. The van der Waals surface area contributed by atoms with Crippen molar-refractivity contribution in [2.75, 3.05) is 0 Å². The van der Waals surface area contributed by atoms with E-state index >= 15 is 0 Å². The van der Waals surface area contributed by atoms with Gasteiger partial charge in [-0.1, -0.05) is 84.9 Å². The molecule has 3 aromatic carbocycles. The van der Waals surface area contributed by atoms with Gasteiger partial charge in [0.05, 0.1) is 17.1 Å². The monoisotopic (exact) mass is 336 g/mol. The summed E-state index contributed by atoms with van der Waals surface area (Å²) in [7, 11) is 0. The Morgan fingerprint density at radius 3 is 1.88 bits per heavy atom. The summed E-state index contributed by atoms with van der Waals surface area (Å²) >= 11 is 0. The second-order valence-electron chi connectivity index (χ2n) is 6.39. The molecule has 1 heterocycles. The van der Waals surface area contributed by atoms with Crippen molar-refractivity contribution in [3.63, 3.8) is 0 Å². The number of hydrogen-bond acceptors (Lipinski definition) is 2. The van der Waals surface area contributed by atoms with Crippen LogP contribution in [-0.4, -0.2) is 9.97 Å². The fraction of sp³-hybridized carbons (Fsp3) is 0.0833. The molecule has 0 fully saturated rings. The number of aromatic nitrogens is 2. The zero-order chi connectivity index (χ0) is 17.8. The van der Waals surface area contributed by atoms with Crippen LogP contribution < -0.4 is 0 Å². The van der Waals surface area contributed by atoms with Gasteiger partial charge < -0.3 is 0 Å². The lowest BCUT2D eigenvalue weighted by Crippen LogP contribution is -2.00. The normalized spacial score (nSPS) is 10.7. The molecule has 126 valence electrons. The number of nitrogens with zero attached hydrogens (tertiary/aromatic N) is 2. The van der Waals surface area contributed by atoms with Crippen molar-refractivity contribution in [2.45, 2.75) is 13.3 Å². The Labute approximate surface area is 154 Å². The van der Waals surface area contributed by atoms with E-state index in [9.17, 15) is 0 Å². The SMILES string of the molecule is Cc1ccccc1Cc1cnc(-c2ccccc2)c(-c2ccccc2)n1. The molecule has 4 aromatic rings. The standard InChI is InChI=1S/C24H20N2/c1-18-10-8-9-15-21(18)16-22-17-25-23(19-11-4-2-5-12-19)24(26-22)20-13-6-3-7-14-20/h2-15,17H,16H2,1H3. The highest BCUT2D eigenvalue weighted by Crippen LogP contribution is 2.29. The number of hydrogen-bond donors (Lipinski definition) is 0. The zero-order valence-corrected chi connectivity index (χ0v) is 14.8. The first-order valence-corrected chi connectivity index (χ1v) is 8.82. The van der Waals surface area contributed by atoms with E-state index in [1.807, 2.05) is 42.6 Å². The first kappa shape index (κ1) is 16.2. The molecule has 26 heavy (non-hydrogen) atoms. The van der Waals surface area contributed by atoms with Gasteiger partial charge in [-0.2, -0.15) is 0 Å². The van der Waals surface area contributed by atoms with Crippen molar-refractivity contribution >= 4 is 0 Å². The lowest BCUT2D eigenvalue weighted by atomic mass is 10.0. The molecule has 0 spiro atoms. The van der Waals surface area contributed by atoms with Crippen molar-refractivity contribution in [2.24, 2.45) is 0 Å². The summed E-state index contributed by atoms with van der Waals surface area (Å²) < 4.78 is 0. The minimum Gasteiger partial charge on any atom is -0.252 e. The van der Waals surface area contributed by atoms with Crippen LogP contribution in [0.4, 0.5) is 0 Å². The second-order valence-corrected chi connectivity index (χ2v) is 6.39. The fourth-order valence-corrected chi connectivity index (χ4v) is 3.12. The molecule has 1 aromatic heterocycles. The molecular formula is C24H20N2. The Balaban J connectivity index is 1.81. The third-order valence-electron chi connectivity index (χ3n) is 4.55. The van der Waals surface area contributed by atoms with Gasteiger partial charge >= 0.3 is 0 Å². The van der Waals surface area contributed by atoms with E-state index in [-0.39, 0.29) is 0 Å². The number of rotatable bonds is 4. The first-order chi connectivity index (χ1) is 12.8. The first-order valence-electron chi connectivity index (χ1n) is 8.82. The number of aryl methyl sites for hydroxylation is 1. The Morgan fingerprint density at radius 2 is 1.23 bits per heavy atom. The highest BCUT2D eigenvalue weighted by atomic mass is 14.8. The second kappa shape index (κ2) is 7.32. The third kappa shape index (κ3) is 3.40. The van der Waals surface area contributed by atoms with Gasteiger partial charge in [0.1, 0.15) is 0 Å². The maximum atomic E-state index is 4.99. The molecule has 0 aliphatic carbocycles. The van der Waals surface area contributed by atoms with Crippen molar-refractivity contribution in [3.05, 3.63) is 108 Å². The van der Waals surface area contributed by atoms with Crippen LogP contribution in [0.5, 0.6) is 0 Å². The summed E-state index contributed by atoms with van der Waals surface area (Å²) in [6.45, 7) is 2.14. The van der Waals surface area contributed by atoms with Gasteiger partial charge in [-0.15, -0.1) is 0 Å². The molecule has 0 radical (unpaired) electrons. The van der Waals surface area contributed by atoms with E-state index in [4.69, 9.17) is 9.97 Å². The van der Waals surface area contributed by atoms with E-state index in [1.54, 1.807) is 0 Å². The van der Waals surface area contributed by atoms with Gasteiger partial charge in [0.2, 0.25) is 0 Å². The van der Waals surface area contributed by atoms with Gasteiger partial charge in [0, 0.05) is 23.7 Å². The molecule has 0 amide bonds. The molecule has 0 aliphatic heterocycles. The Kier molecular flexibility index (Phi) is 4.57. The van der Waals surface area contributed by atoms with Crippen molar-refractivity contribution < 1.29 is 0 Å². The highest BCUT2D eigenvalue weighted by molar-refractivity contribution is 5.77. The highest BCUT2D eigenvalue weighted by Gasteiger charge is 2.12. The predicted octanol–water partition coefficient (Wildman–Crippen LogP) is 5.71. The van der Waals surface area contributed by atoms with Crippen LogP contribution in [0, 0.1) is 6.92 Å². The minimum absolute atomic E-state index is 0.786. The van der Waals surface area contributed by atoms with Crippen LogP contribution in [0.2, 0.25) is 0 Å². The average molecular weight is 336 g/mol. The molecule has 0 aliphatic rings. The van der Waals surface area contributed by atoms with Gasteiger partial charge in [0.15, 0.2) is 0 Å². The van der Waals surface area contributed by atoms with Crippen LogP contribution in [0.1, 0.15) is 16.8 Å². The van der Waals surface area contributed by atoms with Gasteiger partial charge in [-0.3, -0.25) is 4.98 Å². The lowest BCUT2D eigenvalue weighted by molar-refractivity contribution is 1.03. The maximum Gasteiger partial charge on any atom is 0.0968 e. The number of benzene rings is 3. The molecule has 4 rings (SSSR count). The molecule has 2 heteroatoms. The van der Waals surface area contributed by atoms with Gasteiger partial charge in [-0.25, -0.2) is 4.98 Å². The largest absolute Gasteiger partial charge is 0.252 e. The van der Waals surface area contributed by atoms with E-state index in [1.165, 1.54) is 11.1 Å². The molecule has 0 bridgehead atoms. The summed E-state index contributed by atoms with van der Waals surface area (Å²) in [5, 5.41) is 0. The van der Waals surface area contributed by atoms with E-state index in [0.29, 0.717) is 0 Å². The van der Waals surface area contributed by atoms with Crippen molar-refractivity contribution in [1.29, 1.82) is 0 Å². The zero-order valence-electron chi connectivity index (χ0n) is 14.8. The average Bonchev–Trinajstić information content (AvgIpc) is 2.71. The van der Waals surface area contributed by atoms with Crippen molar-refractivity contribution in [1.82, 2.24) is 9.97 Å². The molecular weight excluding hydrogens is 316 g/mol. The van der Waals surface area contributed by atoms with Crippen LogP contribution >= 0.6 is 0 Å². The molecule has 0 atom stereocenters. The van der Waals surface area contributed by atoms with Crippen molar-refractivity contribution in [3.8, 4) is 22.5 Å². The van der Waals surface area contributed by atoms with Crippen LogP contribution in [-0.2, 0) is 6.42 Å². The Bertz CT molecular complexity index is 1010. The smallest absolute Gasteiger partial charge is 0.0968 e. The molecule has 2 nitrogen and oxygen atoms in total. The lowest BCUT2D eigenvalue weighted by Gasteiger charge is -2.11. The summed E-state index contributed by atoms with van der Waals surface area (Å²) in [6, 6.07) is 29.0. The Morgan fingerprint density at radius 1 is 0.654 bits per heavy atom. The maximum absolute atomic E-state index is 4.99. The molecule has 0 saturated carbocycles. The molecule has 0 saturated heterocycles. The van der Waals surface area contributed by atoms with E-state index < -0.39 is 0 Å². The van der Waals surface area contributed by atoms with Crippen LogP contribution in [0.3, 0.4) is 0 Å². The summed E-state index contributed by atoms with van der Waals surface area (Å²) in [5.74, 6) is 0. The molecule has 0 unspecified atom stereocenters. The summed E-state index contributed by atoms with van der Waals surface area (Å²) in [4.78, 5) is 9.78. The van der Waals surface area contributed by atoms with Gasteiger partial charge in [0.25, 0.3) is 0 Å². The quantitative estimate of drug-likeness (QED) is 0.477. The molecule has 0 N–H and O–H groups in total. The van der Waals surface area contributed by atoms with E-state index in [0.717, 1.165) is 34.6 Å². The Hall–Kier alpha value is -3.26. The van der Waals surface area contributed by atoms with Crippen LogP contribution in [0.25, 0.3) is 22.5 Å². The summed E-state index contributed by atoms with van der Waals surface area (Å²) in [5.41, 5.74) is 7.58.